The van der Waals surface area contributed by atoms with Crippen LogP contribution >= 0.6 is 0 Å². The van der Waals surface area contributed by atoms with Gasteiger partial charge >= 0.3 is 0 Å². The molecule has 0 aliphatic carbocycles. The summed E-state index contributed by atoms with van der Waals surface area (Å²) in [6, 6.07) is 6.62. The highest BCUT2D eigenvalue weighted by Gasteiger charge is 2.10. The second-order valence-electron chi connectivity index (χ2n) is 5.26. The quantitative estimate of drug-likeness (QED) is 0.736. The molecule has 1 aromatic carbocycles. The van der Waals surface area contributed by atoms with Crippen molar-refractivity contribution in [1.29, 1.82) is 0 Å². The Kier molecular flexibility index (Phi) is 5.03. The van der Waals surface area contributed by atoms with Crippen LogP contribution in [0.5, 0.6) is 0 Å². The first-order chi connectivity index (χ1) is 9.26. The number of benzene rings is 1. The van der Waals surface area contributed by atoms with E-state index in [4.69, 9.17) is 4.42 Å². The molecule has 0 atom stereocenters. The molecule has 0 radical (unpaired) electrons. The minimum atomic E-state index is 0.832. The van der Waals surface area contributed by atoms with Crippen molar-refractivity contribution < 1.29 is 4.42 Å². The topological polar surface area (TPSA) is 25.2 Å². The number of aryl methyl sites for hydroxylation is 2. The Hall–Kier alpha value is -1.28. The number of nitrogens with one attached hydrogen (secondary N) is 1. The third-order valence-corrected chi connectivity index (χ3v) is 3.63. The smallest absolute Gasteiger partial charge is 0.134 e. The van der Waals surface area contributed by atoms with Crippen LogP contribution in [0.15, 0.2) is 22.6 Å². The van der Waals surface area contributed by atoms with E-state index < -0.39 is 0 Å². The van der Waals surface area contributed by atoms with Crippen LogP contribution in [0.3, 0.4) is 0 Å². The van der Waals surface area contributed by atoms with Crippen molar-refractivity contribution in [3.63, 3.8) is 0 Å². The van der Waals surface area contributed by atoms with E-state index in [-0.39, 0.29) is 0 Å². The number of hydrogen-bond donors (Lipinski definition) is 1. The molecule has 104 valence electrons. The summed E-state index contributed by atoms with van der Waals surface area (Å²) in [5.41, 5.74) is 3.73. The van der Waals surface area contributed by atoms with Crippen LogP contribution in [0.1, 0.15) is 50.0 Å². The monoisotopic (exact) mass is 259 g/mol. The van der Waals surface area contributed by atoms with E-state index in [0.717, 1.165) is 30.9 Å². The van der Waals surface area contributed by atoms with Gasteiger partial charge in [-0.3, -0.25) is 0 Å². The molecule has 0 bridgehead atoms. The van der Waals surface area contributed by atoms with Gasteiger partial charge in [0.05, 0.1) is 6.54 Å². The highest BCUT2D eigenvalue weighted by Crippen LogP contribution is 2.26. The van der Waals surface area contributed by atoms with Gasteiger partial charge in [-0.25, -0.2) is 0 Å². The van der Waals surface area contributed by atoms with E-state index in [2.05, 4.69) is 44.3 Å². The molecule has 19 heavy (non-hydrogen) atoms. The first-order valence-corrected chi connectivity index (χ1v) is 7.47. The van der Waals surface area contributed by atoms with Crippen LogP contribution in [-0.4, -0.2) is 6.54 Å². The van der Waals surface area contributed by atoms with Crippen molar-refractivity contribution in [2.45, 2.75) is 53.0 Å². The molecular weight excluding hydrogens is 234 g/mol. The molecule has 0 aliphatic rings. The molecule has 2 heteroatoms. The average molecular weight is 259 g/mol. The van der Waals surface area contributed by atoms with Crippen LogP contribution in [0, 0.1) is 6.92 Å². The first kappa shape index (κ1) is 14.1. The number of furan rings is 1. The Morgan fingerprint density at radius 3 is 2.74 bits per heavy atom. The number of unbranched alkanes of at least 4 members (excludes halogenated alkanes) is 1. The molecule has 0 aliphatic heterocycles. The lowest BCUT2D eigenvalue weighted by Crippen LogP contribution is -2.13. The summed E-state index contributed by atoms with van der Waals surface area (Å²) in [4.78, 5) is 0. The lowest BCUT2D eigenvalue weighted by Gasteiger charge is -2.00. The van der Waals surface area contributed by atoms with Gasteiger partial charge in [0.15, 0.2) is 0 Å². The minimum absolute atomic E-state index is 0.832. The van der Waals surface area contributed by atoms with Crippen LogP contribution < -0.4 is 5.32 Å². The fraction of sp³-hybridized carbons (Fsp3) is 0.529. The maximum absolute atomic E-state index is 5.94. The molecule has 2 rings (SSSR count). The second kappa shape index (κ2) is 6.76. The van der Waals surface area contributed by atoms with Gasteiger partial charge in [0.25, 0.3) is 0 Å². The standard InChI is InChI=1S/C17H25NO/c1-4-6-7-14-8-9-16-15(11-14)13(3)17(19-16)12-18-10-5-2/h8-9,11,18H,4-7,10,12H2,1-3H3. The molecule has 2 nitrogen and oxygen atoms in total. The van der Waals surface area contributed by atoms with E-state index >= 15 is 0 Å². The number of fused-ring (bicyclic) bond motifs is 1. The van der Waals surface area contributed by atoms with E-state index in [1.807, 2.05) is 0 Å². The summed E-state index contributed by atoms with van der Waals surface area (Å²) in [7, 11) is 0. The SMILES string of the molecule is CCCCc1ccc2oc(CNCCC)c(C)c2c1. The zero-order valence-corrected chi connectivity index (χ0v) is 12.4. The largest absolute Gasteiger partial charge is 0.459 e. The van der Waals surface area contributed by atoms with Crippen molar-refractivity contribution in [3.8, 4) is 0 Å². The molecule has 0 saturated carbocycles. The molecule has 1 heterocycles. The Labute approximate surface area is 116 Å². The van der Waals surface area contributed by atoms with Gasteiger partial charge in [-0.2, -0.15) is 0 Å². The fourth-order valence-electron chi connectivity index (χ4n) is 2.40. The van der Waals surface area contributed by atoms with E-state index in [9.17, 15) is 0 Å². The third kappa shape index (κ3) is 3.38. The molecule has 0 fully saturated rings. The van der Waals surface area contributed by atoms with E-state index in [1.54, 1.807) is 0 Å². The molecule has 1 aromatic heterocycles. The van der Waals surface area contributed by atoms with Gasteiger partial charge in [-0.15, -0.1) is 0 Å². The maximum atomic E-state index is 5.94. The van der Waals surface area contributed by atoms with Gasteiger partial charge in [0, 0.05) is 5.39 Å². The molecule has 1 N–H and O–H groups in total. The number of hydrogen-bond acceptors (Lipinski definition) is 2. The van der Waals surface area contributed by atoms with Crippen molar-refractivity contribution in [3.05, 3.63) is 35.1 Å². The molecule has 0 saturated heterocycles. The Morgan fingerprint density at radius 1 is 1.16 bits per heavy atom. The van der Waals surface area contributed by atoms with Crippen LogP contribution in [-0.2, 0) is 13.0 Å². The van der Waals surface area contributed by atoms with Crippen LogP contribution in [0.4, 0.5) is 0 Å². The summed E-state index contributed by atoms with van der Waals surface area (Å²) >= 11 is 0. The zero-order chi connectivity index (χ0) is 13.7. The molecule has 0 spiro atoms. The van der Waals surface area contributed by atoms with Crippen molar-refractivity contribution in [2.24, 2.45) is 0 Å². The highest BCUT2D eigenvalue weighted by atomic mass is 16.3. The lowest BCUT2D eigenvalue weighted by atomic mass is 10.0. The summed E-state index contributed by atoms with van der Waals surface area (Å²) < 4.78 is 5.94. The lowest BCUT2D eigenvalue weighted by molar-refractivity contribution is 0.510. The summed E-state index contributed by atoms with van der Waals surface area (Å²) in [5.74, 6) is 1.08. The number of rotatable bonds is 7. The average Bonchev–Trinajstić information content (AvgIpc) is 2.74. The third-order valence-electron chi connectivity index (χ3n) is 3.63. The maximum Gasteiger partial charge on any atom is 0.134 e. The summed E-state index contributed by atoms with van der Waals surface area (Å²) in [5, 5.41) is 4.69. The van der Waals surface area contributed by atoms with Crippen molar-refractivity contribution in [2.75, 3.05) is 6.54 Å². The Bertz CT molecular complexity index is 527. The van der Waals surface area contributed by atoms with Crippen molar-refractivity contribution >= 4 is 11.0 Å². The zero-order valence-electron chi connectivity index (χ0n) is 12.4. The fourth-order valence-corrected chi connectivity index (χ4v) is 2.40. The normalized spacial score (nSPS) is 11.3. The van der Waals surface area contributed by atoms with Crippen LogP contribution in [0.2, 0.25) is 0 Å². The van der Waals surface area contributed by atoms with Gasteiger partial charge in [-0.05, 0) is 56.0 Å². The predicted octanol–water partition coefficient (Wildman–Crippen LogP) is 4.58. The second-order valence-corrected chi connectivity index (χ2v) is 5.26. The van der Waals surface area contributed by atoms with Gasteiger partial charge in [0.2, 0.25) is 0 Å². The van der Waals surface area contributed by atoms with Gasteiger partial charge in [-0.1, -0.05) is 26.3 Å². The summed E-state index contributed by atoms with van der Waals surface area (Å²) in [6.07, 6.45) is 4.82. The molecule has 0 amide bonds. The van der Waals surface area contributed by atoms with Crippen LogP contribution in [0.25, 0.3) is 11.0 Å². The van der Waals surface area contributed by atoms with Gasteiger partial charge < -0.3 is 9.73 Å². The van der Waals surface area contributed by atoms with E-state index in [1.165, 1.54) is 35.8 Å². The summed E-state index contributed by atoms with van der Waals surface area (Å²) in [6.45, 7) is 8.45. The molecule has 0 unspecified atom stereocenters. The molecular formula is C17H25NO. The Morgan fingerprint density at radius 2 is 2.00 bits per heavy atom. The Balaban J connectivity index is 2.19. The minimum Gasteiger partial charge on any atom is -0.459 e. The molecule has 2 aromatic rings. The first-order valence-electron chi connectivity index (χ1n) is 7.47. The van der Waals surface area contributed by atoms with Gasteiger partial charge in [0.1, 0.15) is 11.3 Å². The van der Waals surface area contributed by atoms with E-state index in [0.29, 0.717) is 0 Å². The van der Waals surface area contributed by atoms with Crippen molar-refractivity contribution in [1.82, 2.24) is 5.32 Å². The predicted molar refractivity (Wildman–Crippen MR) is 81.6 cm³/mol. The highest BCUT2D eigenvalue weighted by molar-refractivity contribution is 5.82.